The SMILES string of the molecule is Cc1nn(C)c(C)c1NC(=O)CSc1nnc(-c2ccccc2Cl)n1N. The fourth-order valence-electron chi connectivity index (χ4n) is 2.46. The molecule has 10 heteroatoms. The van der Waals surface area contributed by atoms with Gasteiger partial charge in [0, 0.05) is 12.6 Å². The molecule has 3 aromatic rings. The Morgan fingerprint density at radius 2 is 2.04 bits per heavy atom. The highest BCUT2D eigenvalue weighted by molar-refractivity contribution is 7.99. The van der Waals surface area contributed by atoms with Gasteiger partial charge in [-0.3, -0.25) is 9.48 Å². The number of anilines is 1. The van der Waals surface area contributed by atoms with Gasteiger partial charge in [0.1, 0.15) is 0 Å². The second kappa shape index (κ2) is 7.38. The minimum atomic E-state index is -0.170. The summed E-state index contributed by atoms with van der Waals surface area (Å²) in [7, 11) is 1.83. The third-order valence-electron chi connectivity index (χ3n) is 3.89. The Morgan fingerprint density at radius 1 is 1.31 bits per heavy atom. The average molecular weight is 392 g/mol. The van der Waals surface area contributed by atoms with E-state index in [0.29, 0.717) is 21.6 Å². The Labute approximate surface area is 159 Å². The molecule has 1 amide bonds. The number of thioether (sulfide) groups is 1. The predicted molar refractivity (Wildman–Crippen MR) is 103 cm³/mol. The van der Waals surface area contributed by atoms with E-state index in [-0.39, 0.29) is 11.7 Å². The normalized spacial score (nSPS) is 10.9. The number of carbonyl (C=O) groups is 1. The van der Waals surface area contributed by atoms with Crippen molar-refractivity contribution in [3.05, 3.63) is 40.7 Å². The summed E-state index contributed by atoms with van der Waals surface area (Å²) in [5.74, 6) is 6.48. The summed E-state index contributed by atoms with van der Waals surface area (Å²) in [4.78, 5) is 12.3. The number of amides is 1. The number of aromatic nitrogens is 5. The standard InChI is InChI=1S/C16H18ClN7OS/c1-9-14(10(2)23(3)22-9)19-13(25)8-26-16-21-20-15(24(16)18)11-6-4-5-7-12(11)17/h4-7H,8,18H2,1-3H3,(H,19,25). The average Bonchev–Trinajstić information content (AvgIpc) is 3.08. The Kier molecular flexibility index (Phi) is 5.19. The van der Waals surface area contributed by atoms with E-state index in [1.54, 1.807) is 10.7 Å². The van der Waals surface area contributed by atoms with E-state index < -0.39 is 0 Å². The number of carbonyl (C=O) groups excluding carboxylic acids is 1. The molecule has 0 aliphatic heterocycles. The minimum absolute atomic E-state index is 0.144. The van der Waals surface area contributed by atoms with Gasteiger partial charge >= 0.3 is 0 Å². The van der Waals surface area contributed by atoms with E-state index in [9.17, 15) is 4.79 Å². The van der Waals surface area contributed by atoms with Crippen LogP contribution >= 0.6 is 23.4 Å². The fourth-order valence-corrected chi connectivity index (χ4v) is 3.34. The number of nitrogens with zero attached hydrogens (tertiary/aromatic N) is 5. The van der Waals surface area contributed by atoms with Crippen LogP contribution in [0, 0.1) is 13.8 Å². The van der Waals surface area contributed by atoms with Crippen molar-refractivity contribution in [2.75, 3.05) is 16.9 Å². The fraction of sp³-hybridized carbons (Fsp3) is 0.250. The molecule has 26 heavy (non-hydrogen) atoms. The summed E-state index contributed by atoms with van der Waals surface area (Å²) in [5.41, 5.74) is 3.07. The second-order valence-electron chi connectivity index (χ2n) is 5.66. The van der Waals surface area contributed by atoms with Crippen molar-refractivity contribution >= 4 is 35.0 Å². The van der Waals surface area contributed by atoms with Gasteiger partial charge in [0.2, 0.25) is 11.1 Å². The molecule has 0 saturated heterocycles. The second-order valence-corrected chi connectivity index (χ2v) is 7.01. The molecule has 2 heterocycles. The zero-order valence-corrected chi connectivity index (χ0v) is 16.1. The summed E-state index contributed by atoms with van der Waals surface area (Å²) < 4.78 is 3.06. The smallest absolute Gasteiger partial charge is 0.234 e. The van der Waals surface area contributed by atoms with Gasteiger partial charge in [0.25, 0.3) is 0 Å². The van der Waals surface area contributed by atoms with Crippen LogP contribution in [0.2, 0.25) is 5.02 Å². The van der Waals surface area contributed by atoms with Crippen molar-refractivity contribution < 1.29 is 4.79 Å². The third kappa shape index (κ3) is 3.54. The van der Waals surface area contributed by atoms with Crippen LogP contribution in [0.4, 0.5) is 5.69 Å². The first-order chi connectivity index (χ1) is 12.4. The molecule has 0 saturated carbocycles. The number of halogens is 1. The van der Waals surface area contributed by atoms with Crippen molar-refractivity contribution in [3.63, 3.8) is 0 Å². The van der Waals surface area contributed by atoms with E-state index in [1.807, 2.05) is 39.1 Å². The van der Waals surface area contributed by atoms with E-state index >= 15 is 0 Å². The number of benzene rings is 1. The Balaban J connectivity index is 1.69. The van der Waals surface area contributed by atoms with Gasteiger partial charge in [-0.1, -0.05) is 35.5 Å². The maximum Gasteiger partial charge on any atom is 0.234 e. The van der Waals surface area contributed by atoms with E-state index in [2.05, 4.69) is 20.6 Å². The lowest BCUT2D eigenvalue weighted by molar-refractivity contribution is -0.113. The molecule has 3 N–H and O–H groups in total. The van der Waals surface area contributed by atoms with Crippen LogP contribution in [-0.2, 0) is 11.8 Å². The van der Waals surface area contributed by atoms with Crippen LogP contribution in [0.25, 0.3) is 11.4 Å². The number of nitrogens with one attached hydrogen (secondary N) is 1. The third-order valence-corrected chi connectivity index (χ3v) is 5.16. The van der Waals surface area contributed by atoms with Crippen molar-refractivity contribution in [2.45, 2.75) is 19.0 Å². The molecule has 0 aliphatic carbocycles. The first-order valence-electron chi connectivity index (χ1n) is 7.76. The van der Waals surface area contributed by atoms with Crippen LogP contribution in [0.15, 0.2) is 29.4 Å². The predicted octanol–water partition coefficient (Wildman–Crippen LogP) is 2.39. The summed E-state index contributed by atoms with van der Waals surface area (Å²) in [6.45, 7) is 3.75. The monoisotopic (exact) mass is 391 g/mol. The van der Waals surface area contributed by atoms with E-state index in [1.165, 1.54) is 16.4 Å². The number of nitrogen functional groups attached to an aromatic ring is 1. The highest BCUT2D eigenvalue weighted by Gasteiger charge is 2.17. The van der Waals surface area contributed by atoms with Crippen LogP contribution in [0.5, 0.6) is 0 Å². The zero-order chi connectivity index (χ0) is 18.8. The van der Waals surface area contributed by atoms with Crippen molar-refractivity contribution in [1.29, 1.82) is 0 Å². The molecule has 3 rings (SSSR count). The molecule has 0 unspecified atom stereocenters. The van der Waals surface area contributed by atoms with Gasteiger partial charge in [0.15, 0.2) is 5.82 Å². The summed E-state index contributed by atoms with van der Waals surface area (Å²) >= 11 is 7.37. The molecule has 0 radical (unpaired) electrons. The topological polar surface area (TPSA) is 104 Å². The molecule has 136 valence electrons. The first-order valence-corrected chi connectivity index (χ1v) is 9.13. The van der Waals surface area contributed by atoms with E-state index in [0.717, 1.165) is 17.1 Å². The van der Waals surface area contributed by atoms with Gasteiger partial charge in [-0.2, -0.15) is 5.10 Å². The minimum Gasteiger partial charge on any atom is -0.335 e. The van der Waals surface area contributed by atoms with Crippen LogP contribution in [0.1, 0.15) is 11.4 Å². The highest BCUT2D eigenvalue weighted by Crippen LogP contribution is 2.27. The van der Waals surface area contributed by atoms with Gasteiger partial charge in [-0.05, 0) is 26.0 Å². The van der Waals surface area contributed by atoms with Crippen LogP contribution in [0.3, 0.4) is 0 Å². The number of hydrogen-bond acceptors (Lipinski definition) is 6. The first kappa shape index (κ1) is 18.3. The number of nitrogens with two attached hydrogens (primary N) is 1. The molecular weight excluding hydrogens is 374 g/mol. The molecule has 0 aliphatic rings. The maximum atomic E-state index is 12.3. The van der Waals surface area contributed by atoms with Crippen molar-refractivity contribution in [1.82, 2.24) is 24.7 Å². The van der Waals surface area contributed by atoms with Gasteiger partial charge in [-0.25, -0.2) is 4.68 Å². The van der Waals surface area contributed by atoms with Crippen molar-refractivity contribution in [3.8, 4) is 11.4 Å². The number of aryl methyl sites for hydroxylation is 2. The Morgan fingerprint density at radius 3 is 2.69 bits per heavy atom. The Bertz CT molecular complexity index is 966. The lowest BCUT2D eigenvalue weighted by Crippen LogP contribution is -2.17. The lowest BCUT2D eigenvalue weighted by Gasteiger charge is -2.06. The molecule has 0 bridgehead atoms. The summed E-state index contributed by atoms with van der Waals surface area (Å²) in [6, 6.07) is 7.23. The van der Waals surface area contributed by atoms with Gasteiger partial charge in [0.05, 0.1) is 27.9 Å². The van der Waals surface area contributed by atoms with Crippen LogP contribution in [-0.4, -0.2) is 36.3 Å². The lowest BCUT2D eigenvalue weighted by atomic mass is 10.2. The molecule has 8 nitrogen and oxygen atoms in total. The molecule has 0 atom stereocenters. The quantitative estimate of drug-likeness (QED) is 0.511. The van der Waals surface area contributed by atoms with Crippen LogP contribution < -0.4 is 11.2 Å². The van der Waals surface area contributed by atoms with Crippen molar-refractivity contribution in [2.24, 2.45) is 7.05 Å². The molecular formula is C16H18ClN7OS. The largest absolute Gasteiger partial charge is 0.335 e. The summed E-state index contributed by atoms with van der Waals surface area (Å²) in [6.07, 6.45) is 0. The molecule has 0 spiro atoms. The number of rotatable bonds is 5. The maximum absolute atomic E-state index is 12.3. The number of hydrogen-bond donors (Lipinski definition) is 2. The molecule has 0 fully saturated rings. The highest BCUT2D eigenvalue weighted by atomic mass is 35.5. The van der Waals surface area contributed by atoms with Gasteiger partial charge < -0.3 is 11.2 Å². The zero-order valence-electron chi connectivity index (χ0n) is 14.5. The Hall–Kier alpha value is -2.52. The van der Waals surface area contributed by atoms with Gasteiger partial charge in [-0.15, -0.1) is 10.2 Å². The molecule has 1 aromatic carbocycles. The molecule has 2 aromatic heterocycles. The summed E-state index contributed by atoms with van der Waals surface area (Å²) in [5, 5.41) is 16.2. The van der Waals surface area contributed by atoms with E-state index in [4.69, 9.17) is 17.4 Å².